The van der Waals surface area contributed by atoms with Gasteiger partial charge in [0, 0.05) is 18.7 Å². The molecule has 8 nitrogen and oxygen atoms in total. The van der Waals surface area contributed by atoms with Crippen LogP contribution in [0.25, 0.3) is 10.2 Å². The molecule has 0 spiro atoms. The number of amides is 2. The van der Waals surface area contributed by atoms with Crippen molar-refractivity contribution in [1.82, 2.24) is 9.88 Å². The molecular formula is C23H25N3O5S. The van der Waals surface area contributed by atoms with Crippen molar-refractivity contribution in [3.05, 3.63) is 52.8 Å². The summed E-state index contributed by atoms with van der Waals surface area (Å²) >= 11 is 1.36. The van der Waals surface area contributed by atoms with Crippen molar-refractivity contribution in [3.63, 3.8) is 0 Å². The third kappa shape index (κ3) is 4.84. The van der Waals surface area contributed by atoms with E-state index in [0.717, 1.165) is 29.7 Å². The number of carbonyl (C=O) groups is 2. The van der Waals surface area contributed by atoms with E-state index in [2.05, 4.69) is 10.3 Å². The van der Waals surface area contributed by atoms with Crippen molar-refractivity contribution < 1.29 is 23.8 Å². The van der Waals surface area contributed by atoms with Crippen molar-refractivity contribution in [2.45, 2.75) is 25.5 Å². The van der Waals surface area contributed by atoms with Crippen molar-refractivity contribution in [2.24, 2.45) is 4.99 Å². The molecule has 1 saturated heterocycles. The highest BCUT2D eigenvalue weighted by atomic mass is 32.1. The van der Waals surface area contributed by atoms with Gasteiger partial charge in [0.25, 0.3) is 5.91 Å². The summed E-state index contributed by atoms with van der Waals surface area (Å²) in [6.45, 7) is 1.29. The number of fused-ring (bicyclic) bond motifs is 1. The molecule has 4 rings (SSSR count). The predicted octanol–water partition coefficient (Wildman–Crippen LogP) is 2.76. The molecule has 32 heavy (non-hydrogen) atoms. The van der Waals surface area contributed by atoms with Gasteiger partial charge in [-0.25, -0.2) is 0 Å². The van der Waals surface area contributed by atoms with E-state index in [0.29, 0.717) is 28.4 Å². The molecule has 9 heteroatoms. The summed E-state index contributed by atoms with van der Waals surface area (Å²) in [5, 5.41) is 2.93. The summed E-state index contributed by atoms with van der Waals surface area (Å²) in [5.74, 6) is 0.408. The smallest absolute Gasteiger partial charge is 0.279 e. The number of carbonyl (C=O) groups excluding carboxylic acids is 2. The van der Waals surface area contributed by atoms with Gasteiger partial charge in [-0.3, -0.25) is 9.59 Å². The van der Waals surface area contributed by atoms with Crippen LogP contribution in [0.3, 0.4) is 0 Å². The van der Waals surface area contributed by atoms with Crippen LogP contribution in [-0.2, 0) is 16.1 Å². The van der Waals surface area contributed by atoms with Gasteiger partial charge in [-0.15, -0.1) is 0 Å². The minimum atomic E-state index is -0.425. The quantitative estimate of drug-likeness (QED) is 0.592. The van der Waals surface area contributed by atoms with Crippen LogP contribution in [0.1, 0.15) is 23.2 Å². The molecule has 1 unspecified atom stereocenters. The average Bonchev–Trinajstić information content (AvgIpc) is 3.45. The SMILES string of the molecule is COc1ccc(C(=O)N=c2sc3ccccc3n2CC(=O)NCC2CCCO2)cc1OC. The van der Waals surface area contributed by atoms with E-state index in [1.54, 1.807) is 22.8 Å². The van der Waals surface area contributed by atoms with Crippen molar-refractivity contribution in [2.75, 3.05) is 27.4 Å². The lowest BCUT2D eigenvalue weighted by molar-refractivity contribution is -0.122. The Kier molecular flexibility index (Phi) is 6.87. The maximum absolute atomic E-state index is 12.9. The fourth-order valence-electron chi connectivity index (χ4n) is 3.61. The Morgan fingerprint density at radius 2 is 2.00 bits per heavy atom. The predicted molar refractivity (Wildman–Crippen MR) is 121 cm³/mol. The van der Waals surface area contributed by atoms with E-state index < -0.39 is 5.91 Å². The third-order valence-corrected chi connectivity index (χ3v) is 6.33. The second-order valence-electron chi connectivity index (χ2n) is 7.36. The lowest BCUT2D eigenvalue weighted by atomic mass is 10.2. The Labute approximate surface area is 189 Å². The van der Waals surface area contributed by atoms with Crippen LogP contribution in [0.5, 0.6) is 11.5 Å². The number of nitrogens with one attached hydrogen (secondary N) is 1. The Balaban J connectivity index is 1.62. The average molecular weight is 456 g/mol. The molecule has 2 heterocycles. The van der Waals surface area contributed by atoms with Gasteiger partial charge in [0.05, 0.1) is 30.5 Å². The molecule has 2 aromatic carbocycles. The second-order valence-corrected chi connectivity index (χ2v) is 8.37. The molecule has 1 atom stereocenters. The molecule has 1 aromatic heterocycles. The van der Waals surface area contributed by atoms with Crippen LogP contribution in [-0.4, -0.2) is 49.9 Å². The molecule has 3 aromatic rings. The van der Waals surface area contributed by atoms with E-state index in [9.17, 15) is 9.59 Å². The normalized spacial score (nSPS) is 16.3. The monoisotopic (exact) mass is 455 g/mol. The molecule has 1 fully saturated rings. The highest BCUT2D eigenvalue weighted by Gasteiger charge is 2.17. The molecule has 1 aliphatic rings. The van der Waals surface area contributed by atoms with Gasteiger partial charge in [-0.2, -0.15) is 4.99 Å². The number of hydrogen-bond acceptors (Lipinski definition) is 6. The Bertz CT molecular complexity index is 1190. The number of methoxy groups -OCH3 is 2. The van der Waals surface area contributed by atoms with E-state index in [-0.39, 0.29) is 18.6 Å². The van der Waals surface area contributed by atoms with Crippen molar-refractivity contribution in [3.8, 4) is 11.5 Å². The first-order valence-electron chi connectivity index (χ1n) is 10.4. The molecule has 0 radical (unpaired) electrons. The van der Waals surface area contributed by atoms with Gasteiger partial charge in [-0.1, -0.05) is 23.5 Å². The van der Waals surface area contributed by atoms with E-state index in [4.69, 9.17) is 14.2 Å². The number of hydrogen-bond donors (Lipinski definition) is 1. The second kappa shape index (κ2) is 9.97. The van der Waals surface area contributed by atoms with Gasteiger partial charge >= 0.3 is 0 Å². The minimum Gasteiger partial charge on any atom is -0.493 e. The summed E-state index contributed by atoms with van der Waals surface area (Å²) in [7, 11) is 3.05. The summed E-state index contributed by atoms with van der Waals surface area (Å²) in [6.07, 6.45) is 2.04. The Hall–Kier alpha value is -3.17. The number of rotatable bonds is 7. The molecule has 168 valence electrons. The maximum Gasteiger partial charge on any atom is 0.279 e. The Morgan fingerprint density at radius 1 is 1.19 bits per heavy atom. The van der Waals surface area contributed by atoms with Crippen LogP contribution >= 0.6 is 11.3 Å². The first-order valence-corrected chi connectivity index (χ1v) is 11.2. The lowest BCUT2D eigenvalue weighted by Gasteiger charge is -2.11. The molecule has 0 aliphatic carbocycles. The van der Waals surface area contributed by atoms with Gasteiger partial charge < -0.3 is 24.1 Å². The minimum absolute atomic E-state index is 0.0643. The molecule has 0 saturated carbocycles. The van der Waals surface area contributed by atoms with Crippen LogP contribution in [0.4, 0.5) is 0 Å². The number of thiazole rings is 1. The number of aromatic nitrogens is 1. The molecule has 2 amide bonds. The van der Waals surface area contributed by atoms with E-state index in [1.807, 2.05) is 24.3 Å². The molecular weight excluding hydrogens is 430 g/mol. The highest BCUT2D eigenvalue weighted by molar-refractivity contribution is 7.16. The van der Waals surface area contributed by atoms with Gasteiger partial charge in [0.1, 0.15) is 6.54 Å². The highest BCUT2D eigenvalue weighted by Crippen LogP contribution is 2.27. The third-order valence-electron chi connectivity index (χ3n) is 5.27. The van der Waals surface area contributed by atoms with Gasteiger partial charge in [-0.05, 0) is 43.2 Å². The van der Waals surface area contributed by atoms with Crippen LogP contribution in [0.15, 0.2) is 47.5 Å². The van der Waals surface area contributed by atoms with Gasteiger partial charge in [0.2, 0.25) is 5.91 Å². The van der Waals surface area contributed by atoms with Crippen LogP contribution < -0.4 is 19.6 Å². The zero-order valence-corrected chi connectivity index (χ0v) is 18.8. The summed E-state index contributed by atoms with van der Waals surface area (Å²) in [4.78, 5) is 30.3. The number of benzene rings is 2. The largest absolute Gasteiger partial charge is 0.493 e. The maximum atomic E-state index is 12.9. The fourth-order valence-corrected chi connectivity index (χ4v) is 4.64. The van der Waals surface area contributed by atoms with E-state index >= 15 is 0 Å². The van der Waals surface area contributed by atoms with Crippen LogP contribution in [0, 0.1) is 0 Å². The zero-order chi connectivity index (χ0) is 22.5. The summed E-state index contributed by atoms with van der Waals surface area (Å²) in [5.41, 5.74) is 1.22. The fraction of sp³-hybridized carbons (Fsp3) is 0.348. The zero-order valence-electron chi connectivity index (χ0n) is 18.0. The number of ether oxygens (including phenoxy) is 3. The summed E-state index contributed by atoms with van der Waals surface area (Å²) in [6, 6.07) is 12.6. The van der Waals surface area contributed by atoms with Crippen LogP contribution in [0.2, 0.25) is 0 Å². The first-order chi connectivity index (χ1) is 15.6. The Morgan fingerprint density at radius 3 is 2.75 bits per heavy atom. The van der Waals surface area contributed by atoms with Crippen molar-refractivity contribution in [1.29, 1.82) is 0 Å². The standard InChI is InChI=1S/C23H25N3O5S/c1-29-18-10-9-15(12-19(18)30-2)22(28)25-23-26(17-7-3-4-8-20(17)32-23)14-21(27)24-13-16-6-5-11-31-16/h3-4,7-10,12,16H,5-6,11,13-14H2,1-2H3,(H,24,27). The molecule has 1 N–H and O–H groups in total. The van der Waals surface area contributed by atoms with E-state index in [1.165, 1.54) is 25.6 Å². The lowest BCUT2D eigenvalue weighted by Crippen LogP contribution is -2.35. The van der Waals surface area contributed by atoms with Gasteiger partial charge in [0.15, 0.2) is 16.3 Å². The number of nitrogens with zero attached hydrogens (tertiary/aromatic N) is 2. The molecule has 0 bridgehead atoms. The molecule has 1 aliphatic heterocycles. The van der Waals surface area contributed by atoms with Crippen molar-refractivity contribution >= 4 is 33.4 Å². The topological polar surface area (TPSA) is 91.2 Å². The summed E-state index contributed by atoms with van der Waals surface area (Å²) < 4.78 is 18.8. The first kappa shape index (κ1) is 22.0. The number of para-hydroxylation sites is 1.